The van der Waals surface area contributed by atoms with Crippen molar-refractivity contribution in [2.45, 2.75) is 6.92 Å². The molecular formula is C19H15Cl2NO3S. The van der Waals surface area contributed by atoms with E-state index in [2.05, 4.69) is 4.98 Å². The van der Waals surface area contributed by atoms with Crippen LogP contribution in [0.5, 0.6) is 5.75 Å². The lowest BCUT2D eigenvalue weighted by Gasteiger charge is -2.08. The molecule has 0 saturated heterocycles. The molecule has 1 heterocycles. The highest BCUT2D eigenvalue weighted by atomic mass is 35.5. The Labute approximate surface area is 165 Å². The van der Waals surface area contributed by atoms with Gasteiger partial charge in [-0.3, -0.25) is 0 Å². The number of esters is 1. The van der Waals surface area contributed by atoms with Gasteiger partial charge in [-0.15, -0.1) is 11.3 Å². The molecule has 4 nitrogen and oxygen atoms in total. The van der Waals surface area contributed by atoms with Gasteiger partial charge in [0.25, 0.3) is 0 Å². The van der Waals surface area contributed by atoms with Crippen LogP contribution in [0.15, 0.2) is 48.5 Å². The van der Waals surface area contributed by atoms with Crippen LogP contribution in [-0.4, -0.2) is 24.2 Å². The average Bonchev–Trinajstić information content (AvgIpc) is 3.03. The minimum Gasteiger partial charge on any atom is -0.488 e. The second kappa shape index (κ2) is 8.54. The van der Waals surface area contributed by atoms with E-state index >= 15 is 0 Å². The number of aryl methyl sites for hydroxylation is 1. The number of carbonyl (C=O) groups is 1. The summed E-state index contributed by atoms with van der Waals surface area (Å²) in [6.07, 6.45) is 0. The lowest BCUT2D eigenvalue weighted by atomic mass is 10.2. The van der Waals surface area contributed by atoms with E-state index in [0.717, 1.165) is 10.6 Å². The first-order chi connectivity index (χ1) is 12.5. The van der Waals surface area contributed by atoms with Crippen molar-refractivity contribution in [3.63, 3.8) is 0 Å². The lowest BCUT2D eigenvalue weighted by molar-refractivity contribution is 0.0455. The summed E-state index contributed by atoms with van der Waals surface area (Å²) in [6.45, 7) is 2.09. The first-order valence-corrected chi connectivity index (χ1v) is 9.39. The zero-order chi connectivity index (χ0) is 18.5. The molecule has 0 spiro atoms. The summed E-state index contributed by atoms with van der Waals surface area (Å²) in [5.41, 5.74) is 1.63. The van der Waals surface area contributed by atoms with E-state index in [1.54, 1.807) is 25.1 Å². The molecule has 0 unspecified atom stereocenters. The van der Waals surface area contributed by atoms with Crippen molar-refractivity contribution in [1.82, 2.24) is 4.98 Å². The van der Waals surface area contributed by atoms with Crippen molar-refractivity contribution >= 4 is 40.5 Å². The van der Waals surface area contributed by atoms with Crippen LogP contribution in [-0.2, 0) is 4.74 Å². The Balaban J connectivity index is 1.56. The highest BCUT2D eigenvalue weighted by Gasteiger charge is 2.17. The number of ether oxygens (including phenoxy) is 2. The quantitative estimate of drug-likeness (QED) is 0.390. The van der Waals surface area contributed by atoms with Gasteiger partial charge in [0.2, 0.25) is 0 Å². The maximum Gasteiger partial charge on any atom is 0.350 e. The molecule has 0 bridgehead atoms. The van der Waals surface area contributed by atoms with Crippen molar-refractivity contribution < 1.29 is 14.3 Å². The van der Waals surface area contributed by atoms with Gasteiger partial charge in [0, 0.05) is 10.6 Å². The van der Waals surface area contributed by atoms with Crippen LogP contribution in [0.2, 0.25) is 10.0 Å². The van der Waals surface area contributed by atoms with Gasteiger partial charge in [0.1, 0.15) is 28.8 Å². The molecular weight excluding hydrogens is 393 g/mol. The second-order valence-electron chi connectivity index (χ2n) is 5.36. The molecule has 0 N–H and O–H groups in total. The maximum absolute atomic E-state index is 12.3. The highest BCUT2D eigenvalue weighted by Crippen LogP contribution is 2.29. The van der Waals surface area contributed by atoms with Gasteiger partial charge >= 0.3 is 5.97 Å². The molecule has 1 aromatic heterocycles. The van der Waals surface area contributed by atoms with E-state index in [9.17, 15) is 4.79 Å². The molecule has 7 heteroatoms. The fourth-order valence-corrected chi connectivity index (χ4v) is 3.66. The SMILES string of the molecule is Cc1nc(-c2ccccc2)sc1C(=O)OCCOc1ccc(Cl)cc1Cl. The third kappa shape index (κ3) is 4.55. The third-order valence-electron chi connectivity index (χ3n) is 3.47. The minimum absolute atomic E-state index is 0.107. The van der Waals surface area contributed by atoms with Gasteiger partial charge < -0.3 is 9.47 Å². The molecule has 0 aliphatic rings. The second-order valence-corrected chi connectivity index (χ2v) is 7.20. The van der Waals surface area contributed by atoms with Gasteiger partial charge in [-0.05, 0) is 25.1 Å². The Morgan fingerprint density at radius 1 is 1.12 bits per heavy atom. The first kappa shape index (κ1) is 18.7. The van der Waals surface area contributed by atoms with Crippen molar-refractivity contribution in [1.29, 1.82) is 0 Å². The van der Waals surface area contributed by atoms with Gasteiger partial charge in [-0.25, -0.2) is 9.78 Å². The molecule has 0 radical (unpaired) electrons. The Bertz CT molecular complexity index is 912. The fourth-order valence-electron chi connectivity index (χ4n) is 2.23. The Morgan fingerprint density at radius 3 is 2.62 bits per heavy atom. The van der Waals surface area contributed by atoms with E-state index in [4.69, 9.17) is 32.7 Å². The van der Waals surface area contributed by atoms with Gasteiger partial charge in [-0.1, -0.05) is 53.5 Å². The maximum atomic E-state index is 12.3. The number of thiazole rings is 1. The zero-order valence-electron chi connectivity index (χ0n) is 13.9. The summed E-state index contributed by atoms with van der Waals surface area (Å²) in [6, 6.07) is 14.7. The highest BCUT2D eigenvalue weighted by molar-refractivity contribution is 7.17. The van der Waals surface area contributed by atoms with Crippen LogP contribution in [0.25, 0.3) is 10.6 Å². The molecule has 0 aliphatic carbocycles. The van der Waals surface area contributed by atoms with E-state index < -0.39 is 5.97 Å². The smallest absolute Gasteiger partial charge is 0.350 e. The number of carbonyl (C=O) groups excluding carboxylic acids is 1. The molecule has 3 rings (SSSR count). The van der Waals surface area contributed by atoms with Crippen LogP contribution in [0, 0.1) is 6.92 Å². The summed E-state index contributed by atoms with van der Waals surface area (Å²) in [7, 11) is 0. The van der Waals surface area contributed by atoms with Crippen molar-refractivity contribution in [2.24, 2.45) is 0 Å². The van der Waals surface area contributed by atoms with Crippen LogP contribution in [0.1, 0.15) is 15.4 Å². The van der Waals surface area contributed by atoms with Crippen LogP contribution in [0.3, 0.4) is 0 Å². The number of hydrogen-bond acceptors (Lipinski definition) is 5. The predicted octanol–water partition coefficient (Wildman–Crippen LogP) is 5.66. The van der Waals surface area contributed by atoms with Crippen LogP contribution < -0.4 is 4.74 Å². The topological polar surface area (TPSA) is 48.4 Å². The largest absolute Gasteiger partial charge is 0.488 e. The minimum atomic E-state index is -0.409. The molecule has 26 heavy (non-hydrogen) atoms. The van der Waals surface area contributed by atoms with E-state index in [-0.39, 0.29) is 13.2 Å². The van der Waals surface area contributed by atoms with Crippen molar-refractivity contribution in [2.75, 3.05) is 13.2 Å². The third-order valence-corrected chi connectivity index (χ3v) is 5.19. The first-order valence-electron chi connectivity index (χ1n) is 7.82. The normalized spacial score (nSPS) is 10.6. The Hall–Kier alpha value is -2.08. The molecule has 2 aromatic carbocycles. The zero-order valence-corrected chi connectivity index (χ0v) is 16.2. The van der Waals surface area contributed by atoms with Crippen molar-refractivity contribution in [3.05, 3.63) is 69.1 Å². The van der Waals surface area contributed by atoms with Crippen molar-refractivity contribution in [3.8, 4) is 16.3 Å². The molecule has 3 aromatic rings. The van der Waals surface area contributed by atoms with Crippen LogP contribution in [0.4, 0.5) is 0 Å². The predicted molar refractivity (Wildman–Crippen MR) is 105 cm³/mol. The van der Waals surface area contributed by atoms with Crippen LogP contribution >= 0.6 is 34.5 Å². The van der Waals surface area contributed by atoms with Gasteiger partial charge in [-0.2, -0.15) is 0 Å². The molecule has 0 amide bonds. The fraction of sp³-hybridized carbons (Fsp3) is 0.158. The van der Waals surface area contributed by atoms with E-state index in [1.807, 2.05) is 30.3 Å². The molecule has 134 valence electrons. The number of halogens is 2. The monoisotopic (exact) mass is 407 g/mol. The number of benzene rings is 2. The Morgan fingerprint density at radius 2 is 1.88 bits per heavy atom. The molecule has 0 atom stereocenters. The average molecular weight is 408 g/mol. The summed E-state index contributed by atoms with van der Waals surface area (Å²) < 4.78 is 10.8. The van der Waals surface area contributed by atoms with Gasteiger partial charge in [0.15, 0.2) is 0 Å². The summed E-state index contributed by atoms with van der Waals surface area (Å²) >= 11 is 13.2. The number of aromatic nitrogens is 1. The number of nitrogens with zero attached hydrogens (tertiary/aromatic N) is 1. The molecule has 0 aliphatic heterocycles. The molecule has 0 saturated carbocycles. The summed E-state index contributed by atoms with van der Waals surface area (Å²) in [4.78, 5) is 17.2. The summed E-state index contributed by atoms with van der Waals surface area (Å²) in [5.74, 6) is 0.0837. The lowest BCUT2D eigenvalue weighted by Crippen LogP contribution is -2.12. The Kier molecular flexibility index (Phi) is 6.14. The van der Waals surface area contributed by atoms with E-state index in [0.29, 0.717) is 26.4 Å². The van der Waals surface area contributed by atoms with E-state index in [1.165, 1.54) is 11.3 Å². The summed E-state index contributed by atoms with van der Waals surface area (Å²) in [5, 5.41) is 1.73. The standard InChI is InChI=1S/C19H15Cl2NO3S/c1-12-17(26-18(22-12)13-5-3-2-4-6-13)19(23)25-10-9-24-16-8-7-14(20)11-15(16)21/h2-8,11H,9-10H2,1H3. The molecule has 0 fully saturated rings. The number of rotatable bonds is 6. The number of hydrogen-bond donors (Lipinski definition) is 0. The van der Waals surface area contributed by atoms with Gasteiger partial charge in [0.05, 0.1) is 10.7 Å².